The van der Waals surface area contributed by atoms with Crippen LogP contribution in [0.2, 0.25) is 5.02 Å². The zero-order chi connectivity index (χ0) is 25.0. The molecule has 8 heteroatoms. The number of sulfonamides is 1. The van der Waals surface area contributed by atoms with Gasteiger partial charge >= 0.3 is 0 Å². The molecule has 1 aliphatic rings. The van der Waals surface area contributed by atoms with Crippen LogP contribution in [0.4, 0.5) is 11.4 Å². The predicted octanol–water partition coefficient (Wildman–Crippen LogP) is 5.32. The highest BCUT2D eigenvalue weighted by Gasteiger charge is 2.29. The highest BCUT2D eigenvalue weighted by Crippen LogP contribution is 2.31. The van der Waals surface area contributed by atoms with E-state index in [1.54, 1.807) is 43.3 Å². The third-order valence-electron chi connectivity index (χ3n) is 6.37. The molecule has 4 rings (SSSR count). The van der Waals surface area contributed by atoms with E-state index < -0.39 is 15.9 Å². The first-order valence-electron chi connectivity index (χ1n) is 11.7. The lowest BCUT2D eigenvalue weighted by molar-refractivity contribution is -0.120. The number of halogens is 1. The van der Waals surface area contributed by atoms with Crippen molar-refractivity contribution in [3.8, 4) is 0 Å². The van der Waals surface area contributed by atoms with E-state index in [0.717, 1.165) is 23.0 Å². The Kier molecular flexibility index (Phi) is 7.67. The summed E-state index contributed by atoms with van der Waals surface area (Å²) in [7, 11) is -4.00. The SMILES string of the molecule is Cc1c(Cl)cccc1N(CC(=O)NC(C)c1ccc(N2CCCC2)cc1)S(=O)(=O)c1ccccc1. The molecule has 1 amide bonds. The number of carbonyl (C=O) groups excluding carboxylic acids is 1. The zero-order valence-corrected chi connectivity index (χ0v) is 21.5. The van der Waals surface area contributed by atoms with Crippen LogP contribution in [0.5, 0.6) is 0 Å². The van der Waals surface area contributed by atoms with Crippen LogP contribution in [0.1, 0.15) is 36.9 Å². The second kappa shape index (κ2) is 10.7. The van der Waals surface area contributed by atoms with E-state index in [1.807, 2.05) is 19.1 Å². The molecule has 0 saturated carbocycles. The van der Waals surface area contributed by atoms with Gasteiger partial charge in [0.1, 0.15) is 6.54 Å². The van der Waals surface area contributed by atoms with Crippen molar-refractivity contribution in [1.82, 2.24) is 5.32 Å². The molecule has 1 fully saturated rings. The molecule has 3 aromatic carbocycles. The first kappa shape index (κ1) is 25.1. The quantitative estimate of drug-likeness (QED) is 0.444. The molecular formula is C27H30ClN3O3S. The van der Waals surface area contributed by atoms with E-state index in [2.05, 4.69) is 22.3 Å². The molecule has 0 aromatic heterocycles. The molecule has 1 atom stereocenters. The van der Waals surface area contributed by atoms with Crippen LogP contribution in [0.15, 0.2) is 77.7 Å². The van der Waals surface area contributed by atoms with Gasteiger partial charge in [-0.3, -0.25) is 9.10 Å². The van der Waals surface area contributed by atoms with E-state index in [9.17, 15) is 13.2 Å². The molecule has 1 aliphatic heterocycles. The van der Waals surface area contributed by atoms with Crippen LogP contribution in [-0.2, 0) is 14.8 Å². The molecule has 1 unspecified atom stereocenters. The summed E-state index contributed by atoms with van der Waals surface area (Å²) in [5.41, 5.74) is 3.10. The fourth-order valence-electron chi connectivity index (χ4n) is 4.34. The van der Waals surface area contributed by atoms with Gasteiger partial charge in [0, 0.05) is 23.8 Å². The summed E-state index contributed by atoms with van der Waals surface area (Å²) in [6.45, 7) is 5.41. The van der Waals surface area contributed by atoms with Crippen LogP contribution in [0, 0.1) is 6.92 Å². The summed E-state index contributed by atoms with van der Waals surface area (Å²) < 4.78 is 28.2. The Morgan fingerprint density at radius 2 is 1.66 bits per heavy atom. The normalized spacial score (nSPS) is 14.5. The Morgan fingerprint density at radius 1 is 1.00 bits per heavy atom. The van der Waals surface area contributed by atoms with E-state index in [1.165, 1.54) is 30.7 Å². The van der Waals surface area contributed by atoms with Gasteiger partial charge in [0.15, 0.2) is 0 Å². The van der Waals surface area contributed by atoms with Gasteiger partial charge in [-0.05, 0) is 74.2 Å². The maximum absolute atomic E-state index is 13.5. The molecule has 0 bridgehead atoms. The van der Waals surface area contributed by atoms with Gasteiger partial charge in [0.25, 0.3) is 10.0 Å². The van der Waals surface area contributed by atoms with Crippen molar-refractivity contribution in [3.63, 3.8) is 0 Å². The number of rotatable bonds is 8. The van der Waals surface area contributed by atoms with Crippen LogP contribution in [-0.4, -0.2) is 34.0 Å². The van der Waals surface area contributed by atoms with Crippen molar-refractivity contribution >= 4 is 38.9 Å². The van der Waals surface area contributed by atoms with Gasteiger partial charge < -0.3 is 10.2 Å². The summed E-state index contributed by atoms with van der Waals surface area (Å²) in [6.07, 6.45) is 2.42. The minimum atomic E-state index is -4.00. The summed E-state index contributed by atoms with van der Waals surface area (Å²) in [5, 5.41) is 3.38. The molecule has 1 heterocycles. The average molecular weight is 512 g/mol. The Bertz CT molecular complexity index is 1270. The molecule has 35 heavy (non-hydrogen) atoms. The second-order valence-corrected chi connectivity index (χ2v) is 11.1. The van der Waals surface area contributed by atoms with E-state index in [0.29, 0.717) is 16.3 Å². The number of hydrogen-bond acceptors (Lipinski definition) is 4. The Hall–Kier alpha value is -3.03. The van der Waals surface area contributed by atoms with Gasteiger partial charge in [-0.25, -0.2) is 8.42 Å². The first-order chi connectivity index (χ1) is 16.8. The highest BCUT2D eigenvalue weighted by atomic mass is 35.5. The van der Waals surface area contributed by atoms with Crippen molar-refractivity contribution in [2.24, 2.45) is 0 Å². The summed E-state index contributed by atoms with van der Waals surface area (Å²) in [5.74, 6) is -0.403. The molecule has 184 valence electrons. The van der Waals surface area contributed by atoms with Gasteiger partial charge in [-0.15, -0.1) is 0 Å². The molecule has 1 saturated heterocycles. The Morgan fingerprint density at radius 3 is 2.31 bits per heavy atom. The van der Waals surface area contributed by atoms with Crippen LogP contribution >= 0.6 is 11.6 Å². The minimum Gasteiger partial charge on any atom is -0.372 e. The van der Waals surface area contributed by atoms with Crippen LogP contribution in [0.25, 0.3) is 0 Å². The molecule has 1 N–H and O–H groups in total. The summed E-state index contributed by atoms with van der Waals surface area (Å²) in [6, 6.07) is 21.0. The summed E-state index contributed by atoms with van der Waals surface area (Å²) in [4.78, 5) is 15.6. The highest BCUT2D eigenvalue weighted by molar-refractivity contribution is 7.92. The first-order valence-corrected chi connectivity index (χ1v) is 13.6. The zero-order valence-electron chi connectivity index (χ0n) is 19.9. The molecule has 0 radical (unpaired) electrons. The number of nitrogens with one attached hydrogen (secondary N) is 1. The van der Waals surface area contributed by atoms with Crippen molar-refractivity contribution in [2.45, 2.75) is 37.6 Å². The number of hydrogen-bond donors (Lipinski definition) is 1. The smallest absolute Gasteiger partial charge is 0.264 e. The van der Waals surface area contributed by atoms with Gasteiger partial charge in [-0.1, -0.05) is 48.0 Å². The Labute approximate surface area is 212 Å². The van der Waals surface area contributed by atoms with Gasteiger partial charge in [-0.2, -0.15) is 0 Å². The monoisotopic (exact) mass is 511 g/mol. The van der Waals surface area contributed by atoms with E-state index in [4.69, 9.17) is 11.6 Å². The standard InChI is InChI=1S/C27H30ClN3O3S/c1-20-25(28)11-8-12-26(20)31(35(33,34)24-9-4-3-5-10-24)19-27(32)29-21(2)22-13-15-23(16-14-22)30-17-6-7-18-30/h3-5,8-16,21H,6-7,17-19H2,1-2H3,(H,29,32). The lowest BCUT2D eigenvalue weighted by Crippen LogP contribution is -2.42. The Balaban J connectivity index is 1.55. The van der Waals surface area contributed by atoms with Crippen LogP contribution < -0.4 is 14.5 Å². The lowest BCUT2D eigenvalue weighted by atomic mass is 10.1. The topological polar surface area (TPSA) is 69.7 Å². The van der Waals surface area contributed by atoms with Crippen molar-refractivity contribution in [3.05, 3.63) is 88.9 Å². The predicted molar refractivity (Wildman–Crippen MR) is 142 cm³/mol. The number of anilines is 2. The number of amides is 1. The fourth-order valence-corrected chi connectivity index (χ4v) is 6.00. The number of nitrogens with zero attached hydrogens (tertiary/aromatic N) is 2. The summed E-state index contributed by atoms with van der Waals surface area (Å²) >= 11 is 6.29. The average Bonchev–Trinajstić information content (AvgIpc) is 3.40. The number of carbonyl (C=O) groups is 1. The molecular weight excluding hydrogens is 482 g/mol. The maximum Gasteiger partial charge on any atom is 0.264 e. The third kappa shape index (κ3) is 5.63. The lowest BCUT2D eigenvalue weighted by Gasteiger charge is -2.27. The number of benzene rings is 3. The maximum atomic E-state index is 13.5. The fraction of sp³-hybridized carbons (Fsp3) is 0.296. The van der Waals surface area contributed by atoms with E-state index >= 15 is 0 Å². The van der Waals surface area contributed by atoms with E-state index in [-0.39, 0.29) is 17.5 Å². The minimum absolute atomic E-state index is 0.109. The molecule has 0 spiro atoms. The van der Waals surface area contributed by atoms with Crippen molar-refractivity contribution in [1.29, 1.82) is 0 Å². The van der Waals surface area contributed by atoms with Crippen molar-refractivity contribution < 1.29 is 13.2 Å². The van der Waals surface area contributed by atoms with Crippen LogP contribution in [0.3, 0.4) is 0 Å². The van der Waals surface area contributed by atoms with Crippen molar-refractivity contribution in [2.75, 3.05) is 28.8 Å². The molecule has 3 aromatic rings. The molecule has 6 nitrogen and oxygen atoms in total. The van der Waals surface area contributed by atoms with Gasteiger partial charge in [0.2, 0.25) is 5.91 Å². The second-order valence-electron chi connectivity index (χ2n) is 8.78. The third-order valence-corrected chi connectivity index (χ3v) is 8.55. The van der Waals surface area contributed by atoms with Gasteiger partial charge in [0.05, 0.1) is 16.6 Å². The largest absolute Gasteiger partial charge is 0.372 e. The molecule has 0 aliphatic carbocycles.